The molecule has 6 heterocycles. The van der Waals surface area contributed by atoms with Crippen LogP contribution in [0.4, 0.5) is 25.2 Å². The maximum Gasteiger partial charge on any atom is 0.404 e. The van der Waals surface area contributed by atoms with Gasteiger partial charge in [0, 0.05) is 55.0 Å². The second kappa shape index (κ2) is 17.2. The van der Waals surface area contributed by atoms with Crippen molar-refractivity contribution in [1.82, 2.24) is 30.2 Å². The number of anilines is 2. The van der Waals surface area contributed by atoms with Gasteiger partial charge >= 0.3 is 12.1 Å². The molecule has 3 fully saturated rings. The van der Waals surface area contributed by atoms with E-state index in [-0.39, 0.29) is 29.9 Å². The molecule has 0 saturated carbocycles. The molecule has 13 nitrogen and oxygen atoms in total. The second-order valence-electron chi connectivity index (χ2n) is 15.6. The minimum absolute atomic E-state index is 0.00728. The zero-order valence-electron chi connectivity index (χ0n) is 33.3. The van der Waals surface area contributed by atoms with E-state index >= 15 is 4.39 Å². The summed E-state index contributed by atoms with van der Waals surface area (Å²) in [5.74, 6) is 1.85. The molecule has 2 aromatic carbocycles. The van der Waals surface area contributed by atoms with Crippen LogP contribution in [-0.4, -0.2) is 101 Å². The zero-order chi connectivity index (χ0) is 41.3. The van der Waals surface area contributed by atoms with Gasteiger partial charge in [0.15, 0.2) is 5.82 Å². The summed E-state index contributed by atoms with van der Waals surface area (Å²) in [4.78, 5) is 37.1. The normalized spacial score (nSPS) is 20.4. The molecule has 3 atom stereocenters. The number of nitrogens with one attached hydrogen (secondary N) is 1. The van der Waals surface area contributed by atoms with Crippen LogP contribution in [0.3, 0.4) is 0 Å². The highest BCUT2D eigenvalue weighted by Gasteiger charge is 2.49. The number of hydrogen-bond acceptors (Lipinski definition) is 11. The third-order valence-corrected chi connectivity index (χ3v) is 13.0. The Balaban J connectivity index is 1.20. The van der Waals surface area contributed by atoms with E-state index in [9.17, 15) is 14.3 Å². The lowest BCUT2D eigenvalue weighted by Crippen LogP contribution is -2.47. The summed E-state index contributed by atoms with van der Waals surface area (Å²) in [6.07, 6.45) is 2.95. The van der Waals surface area contributed by atoms with Gasteiger partial charge in [0.2, 0.25) is 0 Å². The highest BCUT2D eigenvalue weighted by molar-refractivity contribution is 14.1. The summed E-state index contributed by atoms with van der Waals surface area (Å²) >= 11 is 2.19. The maximum absolute atomic E-state index is 17.4. The van der Waals surface area contributed by atoms with Crippen molar-refractivity contribution in [2.45, 2.75) is 69.9 Å². The van der Waals surface area contributed by atoms with Crippen molar-refractivity contribution in [3.8, 4) is 28.9 Å². The number of hydrogen-bond donors (Lipinski definition) is 2. The zero-order valence-corrected chi connectivity index (χ0v) is 35.4. The molecule has 2 N–H and O–H groups in total. The summed E-state index contributed by atoms with van der Waals surface area (Å²) in [7, 11) is 3.27. The first-order valence-corrected chi connectivity index (χ1v) is 20.9. The van der Waals surface area contributed by atoms with Crippen molar-refractivity contribution < 1.29 is 32.9 Å². The summed E-state index contributed by atoms with van der Waals surface area (Å²) in [6.45, 7) is 5.19. The van der Waals surface area contributed by atoms with E-state index in [1.165, 1.54) is 0 Å². The Morgan fingerprint density at radius 2 is 1.68 bits per heavy atom. The molecule has 3 aromatic heterocycles. The first kappa shape index (κ1) is 40.7. The number of nitrogens with zero attached hydrogens (tertiary/aromatic N) is 7. The van der Waals surface area contributed by atoms with Crippen molar-refractivity contribution in [2.75, 3.05) is 56.8 Å². The Hall–Kier alpha value is -5.10. The summed E-state index contributed by atoms with van der Waals surface area (Å²) in [6, 6.07) is 17.3. The van der Waals surface area contributed by atoms with E-state index in [0.717, 1.165) is 51.1 Å². The van der Waals surface area contributed by atoms with E-state index in [4.69, 9.17) is 29.2 Å². The van der Waals surface area contributed by atoms with Gasteiger partial charge in [-0.2, -0.15) is 9.97 Å². The fraction of sp³-hybridized carbons (Fsp3) is 0.419. The number of methoxy groups -OCH3 is 2. The van der Waals surface area contributed by atoms with Crippen LogP contribution in [0.5, 0.6) is 17.5 Å². The molecule has 310 valence electrons. The van der Waals surface area contributed by atoms with Crippen molar-refractivity contribution >= 4 is 51.2 Å². The van der Waals surface area contributed by atoms with E-state index in [1.54, 1.807) is 20.4 Å². The van der Waals surface area contributed by atoms with Gasteiger partial charge in [-0.05, 0) is 109 Å². The third kappa shape index (κ3) is 8.65. The second-order valence-corrected chi connectivity index (χ2v) is 16.7. The highest BCUT2D eigenvalue weighted by Crippen LogP contribution is 2.41. The first-order valence-electron chi connectivity index (χ1n) is 19.8. The molecule has 0 unspecified atom stereocenters. The number of alkyl halides is 1. The molecule has 0 radical (unpaired) electrons. The topological polar surface area (TPSA) is 138 Å². The van der Waals surface area contributed by atoms with Crippen molar-refractivity contribution in [3.05, 3.63) is 86.9 Å². The van der Waals surface area contributed by atoms with Gasteiger partial charge in [-0.1, -0.05) is 24.3 Å². The predicted octanol–water partition coefficient (Wildman–Crippen LogP) is 7.55. The maximum atomic E-state index is 17.4. The number of rotatable bonds is 13. The average molecular weight is 921 g/mol. The fourth-order valence-electron chi connectivity index (χ4n) is 8.68. The van der Waals surface area contributed by atoms with E-state index < -0.39 is 23.6 Å². The van der Waals surface area contributed by atoms with Crippen LogP contribution in [0.1, 0.15) is 48.8 Å². The van der Waals surface area contributed by atoms with Gasteiger partial charge in [-0.25, -0.2) is 18.6 Å². The van der Waals surface area contributed by atoms with Crippen molar-refractivity contribution in [1.29, 1.82) is 0 Å². The van der Waals surface area contributed by atoms with Gasteiger partial charge in [-0.15, -0.1) is 0 Å². The monoisotopic (exact) mass is 920 g/mol. The molecule has 8 rings (SSSR count). The van der Waals surface area contributed by atoms with Gasteiger partial charge < -0.3 is 34.4 Å². The van der Waals surface area contributed by atoms with Crippen LogP contribution in [0.2, 0.25) is 0 Å². The molecule has 0 spiro atoms. The Kier molecular flexibility index (Phi) is 11.9. The molecule has 3 aliphatic heterocycles. The average Bonchev–Trinajstić information content (AvgIpc) is 3.77. The number of piperidine rings is 1. The Bertz CT molecular complexity index is 2270. The van der Waals surface area contributed by atoms with E-state index in [2.05, 4.69) is 42.7 Å². The summed E-state index contributed by atoms with van der Waals surface area (Å²) in [5, 5.41) is 12.4. The molecular formula is C43H47F2IN8O5. The number of pyridine rings is 2. The van der Waals surface area contributed by atoms with E-state index in [0.29, 0.717) is 74.7 Å². The molecule has 3 saturated heterocycles. The van der Waals surface area contributed by atoms with Crippen LogP contribution in [0, 0.1) is 16.3 Å². The smallest absolute Gasteiger partial charge is 0.404 e. The molecule has 1 amide bonds. The number of benzene rings is 2. The standard InChI is InChI=1S/C43H47F2IN8O5/c1-26-18-34(53(21-27-7-11-31(57-2)12-8-27)22-28-9-13-32(58-3)14-10-28)49-39(36(26)46)38-35(45)37-33(20-47-38)40(52-16-4-6-30(24-52)48-42(55)56)51-41(50-37)59-25-43-15-5-17-54(43)23-29(44)19-43/h7-14,18,20,29-30,48H,4-6,15-17,19,21-25H2,1-3H3,(H,55,56)/t29-,30+,43+/m1/s1. The molecule has 3 aliphatic rings. The van der Waals surface area contributed by atoms with Crippen LogP contribution in [-0.2, 0) is 13.1 Å². The SMILES string of the molecule is COc1ccc(CN(Cc2ccc(OC)cc2)c2cc(C)c(I)c(-c3ncc4c(N5CCC[C@H](NC(=O)O)C5)nc(OC[C@@]56CCCN5C[C@H](F)C6)nc4c3F)n2)cc1. The minimum Gasteiger partial charge on any atom is -0.497 e. The minimum atomic E-state index is -1.11. The quantitative estimate of drug-likeness (QED) is 0.113. The van der Waals surface area contributed by atoms with Crippen LogP contribution >= 0.6 is 22.6 Å². The number of carbonyl (C=O) groups is 1. The van der Waals surface area contributed by atoms with Gasteiger partial charge in [-0.3, -0.25) is 9.88 Å². The molecule has 16 heteroatoms. The van der Waals surface area contributed by atoms with Gasteiger partial charge in [0.25, 0.3) is 0 Å². The molecule has 5 aromatic rings. The molecule has 59 heavy (non-hydrogen) atoms. The molecular weight excluding hydrogens is 873 g/mol. The van der Waals surface area contributed by atoms with Crippen LogP contribution in [0.25, 0.3) is 22.3 Å². The highest BCUT2D eigenvalue weighted by atomic mass is 127. The largest absolute Gasteiger partial charge is 0.497 e. The number of amides is 1. The summed E-state index contributed by atoms with van der Waals surface area (Å²) < 4.78 is 49.9. The van der Waals surface area contributed by atoms with Crippen molar-refractivity contribution in [3.63, 3.8) is 0 Å². The number of carboxylic acid groups (broad SMARTS) is 1. The van der Waals surface area contributed by atoms with Gasteiger partial charge in [0.05, 0.1) is 25.1 Å². The number of fused-ring (bicyclic) bond motifs is 2. The van der Waals surface area contributed by atoms with Gasteiger partial charge in [0.1, 0.15) is 52.8 Å². The first-order chi connectivity index (χ1) is 28.5. The molecule has 0 bridgehead atoms. The fourth-order valence-corrected chi connectivity index (χ4v) is 9.21. The predicted molar refractivity (Wildman–Crippen MR) is 229 cm³/mol. The third-order valence-electron chi connectivity index (χ3n) is 11.7. The van der Waals surface area contributed by atoms with Crippen LogP contribution < -0.4 is 29.3 Å². The van der Waals surface area contributed by atoms with E-state index in [1.807, 2.05) is 66.4 Å². The lowest BCUT2D eigenvalue weighted by atomic mass is 9.95. The van der Waals surface area contributed by atoms with Crippen LogP contribution in [0.15, 0.2) is 60.8 Å². The number of ether oxygens (including phenoxy) is 3. The Labute approximate surface area is 355 Å². The van der Waals surface area contributed by atoms with Crippen molar-refractivity contribution in [2.24, 2.45) is 0 Å². The lowest BCUT2D eigenvalue weighted by Gasteiger charge is -2.34. The number of halogens is 3. The lowest BCUT2D eigenvalue weighted by molar-refractivity contribution is 0.107. The Morgan fingerprint density at radius 3 is 2.34 bits per heavy atom. The summed E-state index contributed by atoms with van der Waals surface area (Å²) in [5.41, 5.74) is 2.88. The molecule has 0 aliphatic carbocycles. The Morgan fingerprint density at radius 1 is 0.983 bits per heavy atom. The number of aromatic nitrogens is 4. The number of aryl methyl sites for hydroxylation is 1.